The van der Waals surface area contributed by atoms with E-state index < -0.39 is 10.0 Å². The fraction of sp³-hybridized carbons (Fsp3) is 0.455. The first-order valence-electron chi connectivity index (χ1n) is 10.5. The molecule has 4 rings (SSSR count). The van der Waals surface area contributed by atoms with Gasteiger partial charge in [-0.3, -0.25) is 4.90 Å². The van der Waals surface area contributed by atoms with Gasteiger partial charge in [0.05, 0.1) is 11.5 Å². The maximum Gasteiger partial charge on any atom is 0.243 e. The van der Waals surface area contributed by atoms with Crippen molar-refractivity contribution in [2.75, 3.05) is 59.2 Å². The van der Waals surface area contributed by atoms with Crippen LogP contribution in [-0.4, -0.2) is 76.8 Å². The Hall–Kier alpha value is -2.49. The summed E-state index contributed by atoms with van der Waals surface area (Å²) >= 11 is 0. The lowest BCUT2D eigenvalue weighted by molar-refractivity contribution is 0.158. The van der Waals surface area contributed by atoms with Gasteiger partial charge >= 0.3 is 0 Å². The molecule has 2 aromatic rings. The summed E-state index contributed by atoms with van der Waals surface area (Å²) in [5, 5.41) is 0. The SMILES string of the molecule is CCOc1ccc(OCCN2CCN(S(=O)(=O)c3ccc4c(c3)OCCO4)CC2)cc1. The van der Waals surface area contributed by atoms with E-state index in [1.807, 2.05) is 31.2 Å². The number of rotatable bonds is 8. The molecule has 2 aliphatic rings. The maximum atomic E-state index is 13.0. The Morgan fingerprint density at radius 3 is 2.19 bits per heavy atom. The van der Waals surface area contributed by atoms with Crippen molar-refractivity contribution in [3.05, 3.63) is 42.5 Å². The van der Waals surface area contributed by atoms with Crippen LogP contribution in [0.1, 0.15) is 6.92 Å². The predicted molar refractivity (Wildman–Crippen MR) is 116 cm³/mol. The van der Waals surface area contributed by atoms with Gasteiger partial charge in [0.1, 0.15) is 31.3 Å². The first-order valence-corrected chi connectivity index (χ1v) is 12.0. The van der Waals surface area contributed by atoms with Crippen molar-refractivity contribution in [1.29, 1.82) is 0 Å². The molecule has 0 atom stereocenters. The molecular formula is C22H28N2O6S. The molecule has 1 saturated heterocycles. The van der Waals surface area contributed by atoms with E-state index in [0.29, 0.717) is 64.1 Å². The summed E-state index contributed by atoms with van der Waals surface area (Å²) < 4.78 is 49.8. The molecule has 0 aliphatic carbocycles. The molecule has 1 fully saturated rings. The molecule has 0 radical (unpaired) electrons. The minimum atomic E-state index is -3.56. The van der Waals surface area contributed by atoms with E-state index in [1.165, 1.54) is 4.31 Å². The summed E-state index contributed by atoms with van der Waals surface area (Å²) in [5.41, 5.74) is 0. The third kappa shape index (κ3) is 5.23. The first kappa shape index (κ1) is 21.7. The van der Waals surface area contributed by atoms with Crippen LogP contribution in [0.25, 0.3) is 0 Å². The zero-order valence-corrected chi connectivity index (χ0v) is 18.5. The second kappa shape index (κ2) is 9.76. The lowest BCUT2D eigenvalue weighted by Gasteiger charge is -2.34. The summed E-state index contributed by atoms with van der Waals surface area (Å²) in [5.74, 6) is 2.69. The average molecular weight is 449 g/mol. The highest BCUT2D eigenvalue weighted by atomic mass is 32.2. The Morgan fingerprint density at radius 1 is 0.871 bits per heavy atom. The zero-order valence-electron chi connectivity index (χ0n) is 17.7. The van der Waals surface area contributed by atoms with Gasteiger partial charge in [0.2, 0.25) is 10.0 Å². The van der Waals surface area contributed by atoms with Crippen molar-refractivity contribution < 1.29 is 27.4 Å². The van der Waals surface area contributed by atoms with Gasteiger partial charge in [-0.2, -0.15) is 4.31 Å². The van der Waals surface area contributed by atoms with Gasteiger partial charge < -0.3 is 18.9 Å². The molecule has 0 unspecified atom stereocenters. The number of nitrogens with zero attached hydrogens (tertiary/aromatic N) is 2. The van der Waals surface area contributed by atoms with Crippen molar-refractivity contribution in [1.82, 2.24) is 9.21 Å². The number of fused-ring (bicyclic) bond motifs is 1. The maximum absolute atomic E-state index is 13.0. The number of sulfonamides is 1. The highest BCUT2D eigenvalue weighted by Crippen LogP contribution is 2.33. The molecule has 0 saturated carbocycles. The summed E-state index contributed by atoms with van der Waals surface area (Å²) in [6, 6.07) is 12.4. The van der Waals surface area contributed by atoms with Crippen LogP contribution >= 0.6 is 0 Å². The Balaban J connectivity index is 1.26. The molecule has 2 heterocycles. The van der Waals surface area contributed by atoms with Crippen LogP contribution in [-0.2, 0) is 10.0 Å². The van der Waals surface area contributed by atoms with Gasteiger partial charge in [-0.05, 0) is 43.3 Å². The van der Waals surface area contributed by atoms with Crippen molar-refractivity contribution in [3.63, 3.8) is 0 Å². The molecule has 2 aliphatic heterocycles. The predicted octanol–water partition coefficient (Wildman–Crippen LogP) is 2.24. The molecular weight excluding hydrogens is 420 g/mol. The van der Waals surface area contributed by atoms with Gasteiger partial charge in [0.25, 0.3) is 0 Å². The van der Waals surface area contributed by atoms with Crippen molar-refractivity contribution >= 4 is 10.0 Å². The third-order valence-corrected chi connectivity index (χ3v) is 7.19. The van der Waals surface area contributed by atoms with Crippen molar-refractivity contribution in [3.8, 4) is 23.0 Å². The van der Waals surface area contributed by atoms with Crippen LogP contribution in [0.2, 0.25) is 0 Å². The van der Waals surface area contributed by atoms with Crippen LogP contribution in [0.4, 0.5) is 0 Å². The monoisotopic (exact) mass is 448 g/mol. The number of hydrogen-bond donors (Lipinski definition) is 0. The average Bonchev–Trinajstić information content (AvgIpc) is 2.80. The molecule has 2 aromatic carbocycles. The minimum Gasteiger partial charge on any atom is -0.494 e. The van der Waals surface area contributed by atoms with E-state index >= 15 is 0 Å². The van der Waals surface area contributed by atoms with Gasteiger partial charge in [-0.25, -0.2) is 8.42 Å². The zero-order chi connectivity index (χ0) is 21.7. The topological polar surface area (TPSA) is 77.5 Å². The molecule has 0 N–H and O–H groups in total. The molecule has 8 nitrogen and oxygen atoms in total. The van der Waals surface area contributed by atoms with E-state index in [1.54, 1.807) is 18.2 Å². The summed E-state index contributed by atoms with van der Waals surface area (Å²) in [6.07, 6.45) is 0. The smallest absolute Gasteiger partial charge is 0.243 e. The Labute approximate surface area is 183 Å². The van der Waals surface area contributed by atoms with Crippen LogP contribution in [0.3, 0.4) is 0 Å². The largest absolute Gasteiger partial charge is 0.494 e. The van der Waals surface area contributed by atoms with E-state index in [9.17, 15) is 8.42 Å². The molecule has 168 valence electrons. The lowest BCUT2D eigenvalue weighted by Crippen LogP contribution is -2.49. The molecule has 0 spiro atoms. The van der Waals surface area contributed by atoms with Gasteiger partial charge in [-0.15, -0.1) is 0 Å². The quantitative estimate of drug-likeness (QED) is 0.613. The standard InChI is InChI=1S/C22H28N2O6S/c1-2-27-18-3-5-19(6-4-18)28-14-13-23-9-11-24(12-10-23)31(25,26)20-7-8-21-22(17-20)30-16-15-29-21/h3-8,17H,2,9-16H2,1H3. The second-order valence-corrected chi connectivity index (χ2v) is 9.24. The number of piperazine rings is 1. The second-order valence-electron chi connectivity index (χ2n) is 7.30. The Morgan fingerprint density at radius 2 is 1.52 bits per heavy atom. The van der Waals surface area contributed by atoms with Crippen molar-refractivity contribution in [2.24, 2.45) is 0 Å². The normalized spacial score (nSPS) is 17.3. The van der Waals surface area contributed by atoms with E-state index in [2.05, 4.69) is 4.90 Å². The first-order chi connectivity index (χ1) is 15.1. The van der Waals surface area contributed by atoms with E-state index in [0.717, 1.165) is 18.0 Å². The number of hydrogen-bond acceptors (Lipinski definition) is 7. The molecule has 31 heavy (non-hydrogen) atoms. The van der Waals surface area contributed by atoms with Crippen LogP contribution in [0, 0.1) is 0 Å². The number of ether oxygens (including phenoxy) is 4. The van der Waals surface area contributed by atoms with Gasteiger partial charge in [-0.1, -0.05) is 0 Å². The highest BCUT2D eigenvalue weighted by molar-refractivity contribution is 7.89. The van der Waals surface area contributed by atoms with Gasteiger partial charge in [0.15, 0.2) is 11.5 Å². The minimum absolute atomic E-state index is 0.240. The summed E-state index contributed by atoms with van der Waals surface area (Å²) in [4.78, 5) is 2.45. The molecule has 0 aromatic heterocycles. The summed E-state index contributed by atoms with van der Waals surface area (Å²) in [6.45, 7) is 6.99. The van der Waals surface area contributed by atoms with Crippen LogP contribution in [0.15, 0.2) is 47.4 Å². The lowest BCUT2D eigenvalue weighted by atomic mass is 10.3. The van der Waals surface area contributed by atoms with Crippen molar-refractivity contribution in [2.45, 2.75) is 11.8 Å². The molecule has 0 amide bonds. The van der Waals surface area contributed by atoms with Crippen LogP contribution < -0.4 is 18.9 Å². The molecule has 0 bridgehead atoms. The molecule has 9 heteroatoms. The number of benzene rings is 2. The Kier molecular flexibility index (Phi) is 6.84. The Bertz CT molecular complexity index is 972. The van der Waals surface area contributed by atoms with Crippen LogP contribution in [0.5, 0.6) is 23.0 Å². The van der Waals surface area contributed by atoms with E-state index in [-0.39, 0.29) is 4.90 Å². The summed E-state index contributed by atoms with van der Waals surface area (Å²) in [7, 11) is -3.56. The highest BCUT2D eigenvalue weighted by Gasteiger charge is 2.29. The third-order valence-electron chi connectivity index (χ3n) is 5.29. The van der Waals surface area contributed by atoms with E-state index in [4.69, 9.17) is 18.9 Å². The van der Waals surface area contributed by atoms with Gasteiger partial charge in [0, 0.05) is 38.8 Å². The fourth-order valence-electron chi connectivity index (χ4n) is 3.62. The fourth-order valence-corrected chi connectivity index (χ4v) is 5.06.